The number of sulfonamides is 1. The summed E-state index contributed by atoms with van der Waals surface area (Å²) in [4.78, 5) is 1.99. The lowest BCUT2D eigenvalue weighted by molar-refractivity contribution is 0.402. The van der Waals surface area contributed by atoms with Crippen LogP contribution in [0.15, 0.2) is 87.5 Å². The lowest BCUT2D eigenvalue weighted by Gasteiger charge is -2.14. The Balaban J connectivity index is 1.95. The maximum absolute atomic E-state index is 12.9. The highest BCUT2D eigenvalue weighted by molar-refractivity contribution is 7.99. The molecule has 0 atom stereocenters. The average molecular weight is 386 g/mol. The number of hydrogen-bond donors (Lipinski definition) is 1. The Morgan fingerprint density at radius 2 is 1.62 bits per heavy atom. The minimum absolute atomic E-state index is 0.125. The highest BCUT2D eigenvalue weighted by Crippen LogP contribution is 2.35. The number of methoxy groups -OCH3 is 1. The number of nitrogens with one attached hydrogen (secondary N) is 1. The summed E-state index contributed by atoms with van der Waals surface area (Å²) in [7, 11) is -2.32. The molecule has 0 spiro atoms. The zero-order valence-corrected chi connectivity index (χ0v) is 16.1. The van der Waals surface area contributed by atoms with Gasteiger partial charge in [-0.3, -0.25) is 4.72 Å². The van der Waals surface area contributed by atoms with E-state index in [1.54, 1.807) is 24.3 Å². The Hall–Kier alpha value is -2.44. The molecular formula is C20H19NO3S2. The second kappa shape index (κ2) is 7.85. The fraction of sp³-hybridized carbons (Fsp3) is 0.100. The third-order valence-corrected chi connectivity index (χ3v) is 6.18. The molecule has 0 bridgehead atoms. The van der Waals surface area contributed by atoms with Crippen molar-refractivity contribution < 1.29 is 13.2 Å². The number of para-hydroxylation sites is 1. The maximum Gasteiger partial charge on any atom is 0.265 e. The summed E-state index contributed by atoms with van der Waals surface area (Å²) in [6.45, 7) is 1.84. The summed E-state index contributed by atoms with van der Waals surface area (Å²) in [5.41, 5.74) is 1.38. The van der Waals surface area contributed by atoms with Crippen molar-refractivity contribution in [3.63, 3.8) is 0 Å². The Morgan fingerprint density at radius 1 is 0.923 bits per heavy atom. The van der Waals surface area contributed by atoms with Crippen molar-refractivity contribution in [1.29, 1.82) is 0 Å². The van der Waals surface area contributed by atoms with Crippen LogP contribution in [0.4, 0.5) is 5.69 Å². The molecule has 0 amide bonds. The van der Waals surface area contributed by atoms with Crippen LogP contribution in [0.5, 0.6) is 5.75 Å². The minimum Gasteiger partial charge on any atom is -0.495 e. The first-order valence-corrected chi connectivity index (χ1v) is 10.3. The number of anilines is 1. The molecule has 26 heavy (non-hydrogen) atoms. The van der Waals surface area contributed by atoms with Gasteiger partial charge in [-0.2, -0.15) is 0 Å². The third kappa shape index (κ3) is 4.20. The Bertz CT molecular complexity index is 1000. The molecule has 0 aliphatic heterocycles. The van der Waals surface area contributed by atoms with Crippen LogP contribution in [0.25, 0.3) is 0 Å². The van der Waals surface area contributed by atoms with E-state index in [0.717, 1.165) is 15.4 Å². The average Bonchev–Trinajstić information content (AvgIpc) is 2.64. The van der Waals surface area contributed by atoms with Crippen molar-refractivity contribution in [1.82, 2.24) is 0 Å². The van der Waals surface area contributed by atoms with E-state index >= 15 is 0 Å². The standard InChI is InChI=1S/C20H19NO3S2/c1-15-12-13-18(24-2)20(14-15)26(22,23)21-17-10-6-7-11-19(17)25-16-8-4-3-5-9-16/h3-14,21H,1-2H3. The first-order valence-electron chi connectivity index (χ1n) is 7.99. The number of rotatable bonds is 6. The number of hydrogen-bond acceptors (Lipinski definition) is 4. The van der Waals surface area contributed by atoms with Crippen molar-refractivity contribution >= 4 is 27.5 Å². The van der Waals surface area contributed by atoms with E-state index in [1.165, 1.54) is 18.9 Å². The molecule has 3 aromatic rings. The summed E-state index contributed by atoms with van der Waals surface area (Å²) in [5.74, 6) is 0.316. The second-order valence-electron chi connectivity index (χ2n) is 5.67. The molecule has 0 aliphatic rings. The van der Waals surface area contributed by atoms with E-state index in [4.69, 9.17) is 4.74 Å². The molecule has 1 N–H and O–H groups in total. The molecule has 0 aromatic heterocycles. The van der Waals surface area contributed by atoms with Gasteiger partial charge in [0.25, 0.3) is 10.0 Å². The van der Waals surface area contributed by atoms with E-state index in [0.29, 0.717) is 11.4 Å². The van der Waals surface area contributed by atoms with E-state index in [1.807, 2.05) is 55.5 Å². The topological polar surface area (TPSA) is 55.4 Å². The van der Waals surface area contributed by atoms with Gasteiger partial charge >= 0.3 is 0 Å². The molecule has 134 valence electrons. The molecule has 0 aliphatic carbocycles. The van der Waals surface area contributed by atoms with Crippen LogP contribution in [-0.2, 0) is 10.0 Å². The zero-order chi connectivity index (χ0) is 18.6. The van der Waals surface area contributed by atoms with Crippen molar-refractivity contribution in [2.75, 3.05) is 11.8 Å². The molecule has 0 saturated heterocycles. The lowest BCUT2D eigenvalue weighted by Crippen LogP contribution is -2.14. The van der Waals surface area contributed by atoms with Gasteiger partial charge in [0.2, 0.25) is 0 Å². The molecule has 3 aromatic carbocycles. The van der Waals surface area contributed by atoms with Crippen LogP contribution in [0.3, 0.4) is 0 Å². The second-order valence-corrected chi connectivity index (χ2v) is 8.44. The summed E-state index contributed by atoms with van der Waals surface area (Å²) in [6.07, 6.45) is 0. The Labute approximate surface area is 158 Å². The van der Waals surface area contributed by atoms with Gasteiger partial charge in [-0.25, -0.2) is 8.42 Å². The van der Waals surface area contributed by atoms with E-state index in [-0.39, 0.29) is 4.90 Å². The van der Waals surface area contributed by atoms with Gasteiger partial charge in [0, 0.05) is 9.79 Å². The maximum atomic E-state index is 12.9. The largest absolute Gasteiger partial charge is 0.495 e. The predicted octanol–water partition coefficient (Wildman–Crippen LogP) is 4.96. The predicted molar refractivity (Wildman–Crippen MR) is 106 cm³/mol. The summed E-state index contributed by atoms with van der Waals surface area (Å²) < 4.78 is 33.8. The van der Waals surface area contributed by atoms with E-state index in [2.05, 4.69) is 4.72 Å². The lowest BCUT2D eigenvalue weighted by atomic mass is 10.2. The monoisotopic (exact) mass is 385 g/mol. The van der Waals surface area contributed by atoms with Crippen LogP contribution >= 0.6 is 11.8 Å². The molecule has 0 fully saturated rings. The Morgan fingerprint density at radius 3 is 2.35 bits per heavy atom. The van der Waals surface area contributed by atoms with Crippen LogP contribution in [0.1, 0.15) is 5.56 Å². The normalized spacial score (nSPS) is 11.2. The fourth-order valence-electron chi connectivity index (χ4n) is 2.45. The molecule has 0 heterocycles. The van der Waals surface area contributed by atoms with Crippen molar-refractivity contribution in [3.05, 3.63) is 78.4 Å². The van der Waals surface area contributed by atoms with Crippen molar-refractivity contribution in [2.45, 2.75) is 21.6 Å². The van der Waals surface area contributed by atoms with Gasteiger partial charge < -0.3 is 4.74 Å². The molecule has 3 rings (SSSR count). The van der Waals surface area contributed by atoms with Crippen LogP contribution in [0, 0.1) is 6.92 Å². The molecule has 4 nitrogen and oxygen atoms in total. The molecule has 6 heteroatoms. The quantitative estimate of drug-likeness (QED) is 0.652. The molecule has 0 saturated carbocycles. The van der Waals surface area contributed by atoms with Gasteiger partial charge in [-0.05, 0) is 48.9 Å². The van der Waals surface area contributed by atoms with Gasteiger partial charge in [-0.1, -0.05) is 48.2 Å². The van der Waals surface area contributed by atoms with Gasteiger partial charge in [0.05, 0.1) is 12.8 Å². The summed E-state index contributed by atoms with van der Waals surface area (Å²) in [5, 5.41) is 0. The van der Waals surface area contributed by atoms with E-state index in [9.17, 15) is 8.42 Å². The summed E-state index contributed by atoms with van der Waals surface area (Å²) >= 11 is 1.51. The van der Waals surface area contributed by atoms with Crippen LogP contribution in [-0.4, -0.2) is 15.5 Å². The first kappa shape index (κ1) is 18.4. The first-order chi connectivity index (χ1) is 12.5. The number of ether oxygens (including phenoxy) is 1. The van der Waals surface area contributed by atoms with E-state index < -0.39 is 10.0 Å². The summed E-state index contributed by atoms with van der Waals surface area (Å²) in [6, 6.07) is 22.2. The van der Waals surface area contributed by atoms with Gasteiger partial charge in [0.1, 0.15) is 10.6 Å². The highest BCUT2D eigenvalue weighted by Gasteiger charge is 2.21. The van der Waals surface area contributed by atoms with Crippen molar-refractivity contribution in [2.24, 2.45) is 0 Å². The van der Waals surface area contributed by atoms with Gasteiger partial charge in [-0.15, -0.1) is 0 Å². The van der Waals surface area contributed by atoms with Crippen LogP contribution in [0.2, 0.25) is 0 Å². The molecule has 0 radical (unpaired) electrons. The zero-order valence-electron chi connectivity index (χ0n) is 14.5. The Kier molecular flexibility index (Phi) is 5.54. The SMILES string of the molecule is COc1ccc(C)cc1S(=O)(=O)Nc1ccccc1Sc1ccccc1. The number of benzene rings is 3. The fourth-order valence-corrected chi connectivity index (χ4v) is 4.77. The van der Waals surface area contributed by atoms with Crippen LogP contribution < -0.4 is 9.46 Å². The third-order valence-electron chi connectivity index (χ3n) is 3.71. The number of aryl methyl sites for hydroxylation is 1. The molecular weight excluding hydrogens is 366 g/mol. The van der Waals surface area contributed by atoms with Crippen molar-refractivity contribution in [3.8, 4) is 5.75 Å². The smallest absolute Gasteiger partial charge is 0.265 e. The highest BCUT2D eigenvalue weighted by atomic mass is 32.2. The van der Waals surface area contributed by atoms with Gasteiger partial charge in [0.15, 0.2) is 0 Å². The molecule has 0 unspecified atom stereocenters. The minimum atomic E-state index is -3.78.